The van der Waals surface area contributed by atoms with Crippen molar-refractivity contribution >= 4 is 23.4 Å². The fourth-order valence-corrected chi connectivity index (χ4v) is 1.34. The number of alkyl halides is 1. The largest absolute Gasteiger partial charge is 0.480 e. The normalized spacial score (nSPS) is 18.0. The third kappa shape index (κ3) is 2.92. The van der Waals surface area contributed by atoms with Crippen LogP contribution in [0.3, 0.4) is 0 Å². The number of aliphatic carboxylic acids is 1. The fourth-order valence-electron chi connectivity index (χ4n) is 1.27. The molecular weight excluding hydrogens is 220 g/mol. The number of halogens is 1. The summed E-state index contributed by atoms with van der Waals surface area (Å²) >= 11 is 5.88. The zero-order chi connectivity index (χ0) is 12.4. The highest BCUT2D eigenvalue weighted by molar-refractivity contribution is 6.46. The Kier molecular flexibility index (Phi) is 4.31. The van der Waals surface area contributed by atoms with E-state index in [1.807, 2.05) is 0 Å². The Morgan fingerprint density at radius 1 is 1.33 bits per heavy atom. The van der Waals surface area contributed by atoms with Gasteiger partial charge < -0.3 is 10.2 Å². The molecule has 15 heavy (non-hydrogen) atoms. The molecule has 0 amide bonds. The van der Waals surface area contributed by atoms with Crippen LogP contribution in [0.25, 0.3) is 0 Å². The number of carboxylic acid groups (broad SMARTS) is 1. The topological polar surface area (TPSA) is 74.6 Å². The first-order chi connectivity index (χ1) is 6.53. The molecule has 0 aliphatic heterocycles. The van der Waals surface area contributed by atoms with Crippen LogP contribution < -0.4 is 0 Å². The van der Waals surface area contributed by atoms with Gasteiger partial charge in [-0.15, -0.1) is 0 Å². The Hall–Kier alpha value is -0.610. The molecule has 0 heterocycles. The molecule has 0 radical (unpaired) electrons. The van der Waals surface area contributed by atoms with Crippen LogP contribution in [0, 0.1) is 5.41 Å². The molecule has 0 aromatic heterocycles. The van der Waals surface area contributed by atoms with Crippen molar-refractivity contribution in [3.8, 4) is 0 Å². The van der Waals surface area contributed by atoms with E-state index in [2.05, 4.69) is 0 Å². The van der Waals surface area contributed by atoms with Gasteiger partial charge in [-0.1, -0.05) is 32.4 Å². The molecule has 5 heteroatoms. The molecule has 0 spiro atoms. The van der Waals surface area contributed by atoms with E-state index in [9.17, 15) is 9.59 Å². The van der Waals surface area contributed by atoms with Gasteiger partial charge in [0.25, 0.3) is 0 Å². The van der Waals surface area contributed by atoms with Crippen molar-refractivity contribution in [2.24, 2.45) is 5.41 Å². The van der Waals surface area contributed by atoms with Gasteiger partial charge >= 0.3 is 5.97 Å². The van der Waals surface area contributed by atoms with E-state index < -0.39 is 28.1 Å². The molecule has 4 nitrogen and oxygen atoms in total. The summed E-state index contributed by atoms with van der Waals surface area (Å²) in [6.07, 6.45) is -1.15. The number of hydrogen-bond acceptors (Lipinski definition) is 3. The molecule has 0 aliphatic rings. The Bertz CT molecular complexity index is 267. The first-order valence-electron chi connectivity index (χ1n) is 4.67. The van der Waals surface area contributed by atoms with E-state index in [0.717, 1.165) is 0 Å². The quantitative estimate of drug-likeness (QED) is 0.572. The van der Waals surface area contributed by atoms with Crippen LogP contribution in [0.4, 0.5) is 0 Å². The third-order valence-corrected chi connectivity index (χ3v) is 3.13. The Morgan fingerprint density at radius 2 is 1.73 bits per heavy atom. The molecule has 2 N–H and O–H groups in total. The van der Waals surface area contributed by atoms with Gasteiger partial charge in [0, 0.05) is 6.42 Å². The van der Waals surface area contributed by atoms with Crippen molar-refractivity contribution in [1.82, 2.24) is 0 Å². The summed E-state index contributed by atoms with van der Waals surface area (Å²) in [6, 6.07) is 0. The van der Waals surface area contributed by atoms with Gasteiger partial charge in [0.2, 0.25) is 4.87 Å². The van der Waals surface area contributed by atoms with Crippen LogP contribution >= 0.6 is 11.6 Å². The van der Waals surface area contributed by atoms with Crippen LogP contribution in [0.1, 0.15) is 34.1 Å². The average molecular weight is 237 g/mol. The van der Waals surface area contributed by atoms with Crippen LogP contribution in [0.5, 0.6) is 0 Å². The number of aliphatic hydroxyl groups excluding tert-OH is 1. The Labute approximate surface area is 94.2 Å². The van der Waals surface area contributed by atoms with Crippen LogP contribution in [0.2, 0.25) is 0 Å². The molecule has 2 atom stereocenters. The first kappa shape index (κ1) is 14.4. The van der Waals surface area contributed by atoms with E-state index in [4.69, 9.17) is 21.8 Å². The predicted octanol–water partition coefficient (Wildman–Crippen LogP) is 1.43. The summed E-state index contributed by atoms with van der Waals surface area (Å²) in [6.45, 7) is 6.15. The van der Waals surface area contributed by atoms with Gasteiger partial charge in [0.15, 0.2) is 5.78 Å². The second-order valence-corrected chi connectivity index (χ2v) is 5.26. The molecule has 0 fully saturated rings. The van der Waals surface area contributed by atoms with Gasteiger partial charge in [-0.2, -0.15) is 0 Å². The minimum absolute atomic E-state index is 0.257. The summed E-state index contributed by atoms with van der Waals surface area (Å²) in [5, 5.41) is 18.1. The summed E-state index contributed by atoms with van der Waals surface area (Å²) in [4.78, 5) is 20.8. The van der Waals surface area contributed by atoms with Crippen molar-refractivity contribution in [3.05, 3.63) is 0 Å². The van der Waals surface area contributed by atoms with E-state index in [1.54, 1.807) is 20.8 Å². The van der Waals surface area contributed by atoms with Gasteiger partial charge in [-0.05, 0) is 12.3 Å². The van der Waals surface area contributed by atoms with E-state index in [1.165, 1.54) is 6.92 Å². The molecule has 0 saturated heterocycles. The van der Waals surface area contributed by atoms with Gasteiger partial charge in [-0.25, -0.2) is 4.79 Å². The molecule has 0 rings (SSSR count). The summed E-state index contributed by atoms with van der Waals surface area (Å²) in [5.41, 5.74) is -0.910. The summed E-state index contributed by atoms with van der Waals surface area (Å²) < 4.78 is 0. The standard InChI is InChI=1S/C10H17ClO4/c1-6(12)5-7(13)10(11,8(14)15)9(2,3)4/h6,12H,5H2,1-4H3,(H,14,15)/t6?,10-/m0/s1. The zero-order valence-corrected chi connectivity index (χ0v) is 10.1. The monoisotopic (exact) mass is 236 g/mol. The molecule has 88 valence electrons. The van der Waals surface area contributed by atoms with E-state index in [0.29, 0.717) is 0 Å². The summed E-state index contributed by atoms with van der Waals surface area (Å²) in [5.74, 6) is -2.04. The lowest BCUT2D eigenvalue weighted by Crippen LogP contribution is -2.52. The molecular formula is C10H17ClO4. The van der Waals surface area contributed by atoms with Crippen LogP contribution in [-0.2, 0) is 9.59 Å². The number of hydrogen-bond donors (Lipinski definition) is 2. The lowest BCUT2D eigenvalue weighted by Gasteiger charge is -2.34. The number of ketones is 1. The lowest BCUT2D eigenvalue weighted by atomic mass is 9.76. The maximum atomic E-state index is 11.7. The molecule has 0 aliphatic carbocycles. The molecule has 1 unspecified atom stereocenters. The van der Waals surface area contributed by atoms with Crippen molar-refractivity contribution in [3.63, 3.8) is 0 Å². The minimum Gasteiger partial charge on any atom is -0.480 e. The van der Waals surface area contributed by atoms with Crippen molar-refractivity contribution in [1.29, 1.82) is 0 Å². The third-order valence-electron chi connectivity index (χ3n) is 2.19. The number of aliphatic hydroxyl groups is 1. The highest BCUT2D eigenvalue weighted by Crippen LogP contribution is 2.38. The second kappa shape index (κ2) is 4.49. The van der Waals surface area contributed by atoms with E-state index >= 15 is 0 Å². The van der Waals surface area contributed by atoms with Gasteiger partial charge in [0.1, 0.15) is 0 Å². The first-order valence-corrected chi connectivity index (χ1v) is 5.05. The maximum absolute atomic E-state index is 11.7. The van der Waals surface area contributed by atoms with Crippen LogP contribution in [0.15, 0.2) is 0 Å². The zero-order valence-electron chi connectivity index (χ0n) is 9.37. The smallest absolute Gasteiger partial charge is 0.333 e. The SMILES string of the molecule is CC(O)CC(=O)[C@](Cl)(C(=O)O)C(C)(C)C. The second-order valence-electron chi connectivity index (χ2n) is 4.69. The van der Waals surface area contributed by atoms with Crippen molar-refractivity contribution in [2.45, 2.75) is 45.1 Å². The number of carbonyl (C=O) groups is 2. The Morgan fingerprint density at radius 3 is 1.93 bits per heavy atom. The summed E-state index contributed by atoms with van der Waals surface area (Å²) in [7, 11) is 0. The maximum Gasteiger partial charge on any atom is 0.333 e. The van der Waals surface area contributed by atoms with Gasteiger partial charge in [-0.3, -0.25) is 4.79 Å². The lowest BCUT2D eigenvalue weighted by molar-refractivity contribution is -0.148. The van der Waals surface area contributed by atoms with Crippen molar-refractivity contribution < 1.29 is 19.8 Å². The fraction of sp³-hybridized carbons (Fsp3) is 0.800. The number of carboxylic acids is 1. The number of rotatable bonds is 4. The molecule has 0 saturated carbocycles. The molecule has 0 bridgehead atoms. The van der Waals surface area contributed by atoms with Gasteiger partial charge in [0.05, 0.1) is 6.10 Å². The van der Waals surface area contributed by atoms with E-state index in [-0.39, 0.29) is 6.42 Å². The predicted molar refractivity (Wildman–Crippen MR) is 57.0 cm³/mol. The number of carbonyl (C=O) groups excluding carboxylic acids is 1. The molecule has 0 aromatic rings. The Balaban J connectivity index is 5.15. The number of Topliss-reactive ketones (excluding diaryl/α,β-unsaturated/α-hetero) is 1. The highest BCUT2D eigenvalue weighted by atomic mass is 35.5. The molecule has 0 aromatic carbocycles. The average Bonchev–Trinajstić information content (AvgIpc) is 1.98. The minimum atomic E-state index is -1.98. The van der Waals surface area contributed by atoms with Crippen LogP contribution in [-0.4, -0.2) is 32.9 Å². The van der Waals surface area contributed by atoms with Crippen molar-refractivity contribution in [2.75, 3.05) is 0 Å². The highest BCUT2D eigenvalue weighted by Gasteiger charge is 2.53.